The summed E-state index contributed by atoms with van der Waals surface area (Å²) in [5.41, 5.74) is -0.630. The van der Waals surface area contributed by atoms with Gasteiger partial charge in [-0.3, -0.25) is 9.59 Å². The number of carbonyl (C=O) groups is 2. The monoisotopic (exact) mass is 295 g/mol. The predicted octanol–water partition coefficient (Wildman–Crippen LogP) is -0.610. The van der Waals surface area contributed by atoms with Crippen molar-refractivity contribution >= 4 is 23.0 Å². The van der Waals surface area contributed by atoms with Gasteiger partial charge in [0.15, 0.2) is 0 Å². The standard InChI is InChI=1S/C12H13N3O6/c1-5-7(8-9(17)13-4-14-11(8)21-5)10(18)15-6(2-3-16)12(19)20/h4,6,16H,2-3H2,1H3,(H,15,18)(H,19,20)(H,13,14,17)/t6-/m0/s1. The quantitative estimate of drug-likeness (QED) is 0.575. The molecule has 1 atom stereocenters. The second kappa shape index (κ2) is 5.75. The van der Waals surface area contributed by atoms with Crippen molar-refractivity contribution in [2.24, 2.45) is 0 Å². The van der Waals surface area contributed by atoms with E-state index in [4.69, 9.17) is 14.6 Å². The Morgan fingerprint density at radius 2 is 2.24 bits per heavy atom. The molecule has 2 aromatic rings. The number of rotatable bonds is 5. The highest BCUT2D eigenvalue weighted by atomic mass is 16.4. The summed E-state index contributed by atoms with van der Waals surface area (Å²) < 4.78 is 5.21. The number of aromatic nitrogens is 2. The van der Waals surface area contributed by atoms with Crippen LogP contribution in [0.5, 0.6) is 0 Å². The Kier molecular flexibility index (Phi) is 4.03. The van der Waals surface area contributed by atoms with E-state index >= 15 is 0 Å². The van der Waals surface area contributed by atoms with E-state index in [0.717, 1.165) is 6.33 Å². The lowest BCUT2D eigenvalue weighted by atomic mass is 10.1. The number of aliphatic hydroxyl groups is 1. The van der Waals surface area contributed by atoms with E-state index in [-0.39, 0.29) is 28.8 Å². The number of aryl methyl sites for hydroxylation is 1. The van der Waals surface area contributed by atoms with Crippen LogP contribution in [0, 0.1) is 6.92 Å². The van der Waals surface area contributed by atoms with Gasteiger partial charge in [0.25, 0.3) is 11.5 Å². The second-order valence-electron chi connectivity index (χ2n) is 4.32. The summed E-state index contributed by atoms with van der Waals surface area (Å²) in [5, 5.41) is 20.0. The summed E-state index contributed by atoms with van der Waals surface area (Å²) in [7, 11) is 0. The van der Waals surface area contributed by atoms with Gasteiger partial charge < -0.3 is 24.9 Å². The number of aliphatic hydroxyl groups excluding tert-OH is 1. The van der Waals surface area contributed by atoms with Gasteiger partial charge in [0.05, 0.1) is 11.9 Å². The summed E-state index contributed by atoms with van der Waals surface area (Å²) >= 11 is 0. The summed E-state index contributed by atoms with van der Waals surface area (Å²) in [6, 6.07) is -1.26. The topological polar surface area (TPSA) is 146 Å². The number of carboxylic acids is 1. The zero-order chi connectivity index (χ0) is 15.6. The molecule has 0 bridgehead atoms. The Morgan fingerprint density at radius 1 is 1.52 bits per heavy atom. The maximum Gasteiger partial charge on any atom is 0.326 e. The average Bonchev–Trinajstić information content (AvgIpc) is 2.75. The van der Waals surface area contributed by atoms with Gasteiger partial charge in [0, 0.05) is 13.0 Å². The summed E-state index contributed by atoms with van der Waals surface area (Å²) in [6.07, 6.45) is 0.992. The van der Waals surface area contributed by atoms with Crippen LogP contribution in [0.25, 0.3) is 11.1 Å². The fourth-order valence-corrected chi connectivity index (χ4v) is 1.94. The van der Waals surface area contributed by atoms with Gasteiger partial charge in [-0.25, -0.2) is 9.78 Å². The van der Waals surface area contributed by atoms with Gasteiger partial charge in [0.1, 0.15) is 17.2 Å². The van der Waals surface area contributed by atoms with E-state index in [1.807, 2.05) is 0 Å². The first kappa shape index (κ1) is 14.7. The van der Waals surface area contributed by atoms with E-state index in [1.54, 1.807) is 0 Å². The van der Waals surface area contributed by atoms with Gasteiger partial charge in [-0.2, -0.15) is 0 Å². The van der Waals surface area contributed by atoms with Gasteiger partial charge in [-0.1, -0.05) is 0 Å². The Labute approximate surface area is 117 Å². The predicted molar refractivity (Wildman–Crippen MR) is 70.0 cm³/mol. The third-order valence-electron chi connectivity index (χ3n) is 2.92. The summed E-state index contributed by atoms with van der Waals surface area (Å²) in [6.45, 7) is 1.07. The number of carboxylic acid groups (broad SMARTS) is 1. The number of furan rings is 1. The van der Waals surface area contributed by atoms with E-state index in [9.17, 15) is 14.4 Å². The fourth-order valence-electron chi connectivity index (χ4n) is 1.94. The van der Waals surface area contributed by atoms with Crippen LogP contribution in [0.1, 0.15) is 22.5 Å². The Balaban J connectivity index is 2.42. The molecule has 0 aliphatic heterocycles. The molecule has 1 amide bonds. The first-order valence-electron chi connectivity index (χ1n) is 6.07. The van der Waals surface area contributed by atoms with Crippen LogP contribution < -0.4 is 10.9 Å². The number of aliphatic carboxylic acids is 1. The van der Waals surface area contributed by atoms with Crippen LogP contribution in [0.15, 0.2) is 15.5 Å². The number of amides is 1. The Bertz CT molecular complexity index is 747. The molecule has 0 aromatic carbocycles. The first-order chi connectivity index (χ1) is 9.95. The Morgan fingerprint density at radius 3 is 2.86 bits per heavy atom. The minimum absolute atomic E-state index is 0.00423. The minimum atomic E-state index is -1.28. The van der Waals surface area contributed by atoms with Crippen molar-refractivity contribution in [3.63, 3.8) is 0 Å². The largest absolute Gasteiger partial charge is 0.480 e. The molecule has 0 aliphatic carbocycles. The van der Waals surface area contributed by atoms with Crippen LogP contribution in [-0.2, 0) is 4.79 Å². The zero-order valence-electron chi connectivity index (χ0n) is 11.0. The lowest BCUT2D eigenvalue weighted by molar-refractivity contribution is -0.139. The van der Waals surface area contributed by atoms with Gasteiger partial charge >= 0.3 is 5.97 Å². The highest BCUT2D eigenvalue weighted by Crippen LogP contribution is 2.20. The molecule has 0 fully saturated rings. The van der Waals surface area contributed by atoms with Gasteiger partial charge in [-0.15, -0.1) is 0 Å². The molecule has 112 valence electrons. The van der Waals surface area contributed by atoms with Crippen LogP contribution in [0.3, 0.4) is 0 Å². The van der Waals surface area contributed by atoms with E-state index in [1.165, 1.54) is 6.92 Å². The van der Waals surface area contributed by atoms with Crippen LogP contribution in [0.2, 0.25) is 0 Å². The van der Waals surface area contributed by atoms with Crippen molar-refractivity contribution in [2.75, 3.05) is 6.61 Å². The summed E-state index contributed by atoms with van der Waals surface area (Å²) in [5.74, 6) is -1.90. The maximum atomic E-state index is 12.2. The molecule has 0 saturated heterocycles. The van der Waals surface area contributed by atoms with Crippen molar-refractivity contribution in [3.8, 4) is 0 Å². The molecule has 0 unspecified atom stereocenters. The van der Waals surface area contributed by atoms with Crippen molar-refractivity contribution in [2.45, 2.75) is 19.4 Å². The highest BCUT2D eigenvalue weighted by Gasteiger charge is 2.26. The molecule has 21 heavy (non-hydrogen) atoms. The van der Waals surface area contributed by atoms with Crippen LogP contribution >= 0.6 is 0 Å². The van der Waals surface area contributed by atoms with Gasteiger partial charge in [-0.05, 0) is 6.92 Å². The van der Waals surface area contributed by atoms with Crippen molar-refractivity contribution < 1.29 is 24.2 Å². The fraction of sp³-hybridized carbons (Fsp3) is 0.333. The number of hydrogen-bond acceptors (Lipinski definition) is 6. The third kappa shape index (κ3) is 2.77. The number of H-pyrrole nitrogens is 1. The normalized spacial score (nSPS) is 12.3. The van der Waals surface area contributed by atoms with Crippen LogP contribution in [0.4, 0.5) is 0 Å². The number of nitrogens with zero attached hydrogens (tertiary/aromatic N) is 1. The van der Waals surface area contributed by atoms with Gasteiger partial charge in [0.2, 0.25) is 5.71 Å². The zero-order valence-corrected chi connectivity index (χ0v) is 11.0. The highest BCUT2D eigenvalue weighted by molar-refractivity contribution is 6.07. The molecule has 2 rings (SSSR count). The molecule has 0 aliphatic rings. The molecule has 0 saturated carbocycles. The van der Waals surface area contributed by atoms with E-state index < -0.39 is 30.1 Å². The lowest BCUT2D eigenvalue weighted by Crippen LogP contribution is -2.41. The summed E-state index contributed by atoms with van der Waals surface area (Å²) in [4.78, 5) is 41.1. The van der Waals surface area contributed by atoms with E-state index in [0.29, 0.717) is 0 Å². The van der Waals surface area contributed by atoms with Crippen molar-refractivity contribution in [1.29, 1.82) is 0 Å². The van der Waals surface area contributed by atoms with Crippen molar-refractivity contribution in [1.82, 2.24) is 15.3 Å². The number of carbonyl (C=O) groups excluding carboxylic acids is 1. The number of aromatic amines is 1. The molecular weight excluding hydrogens is 282 g/mol. The molecule has 2 heterocycles. The average molecular weight is 295 g/mol. The molecule has 9 heteroatoms. The first-order valence-corrected chi connectivity index (χ1v) is 6.07. The Hall–Kier alpha value is -2.68. The molecule has 0 spiro atoms. The van der Waals surface area contributed by atoms with E-state index in [2.05, 4.69) is 15.3 Å². The maximum absolute atomic E-state index is 12.2. The lowest BCUT2D eigenvalue weighted by Gasteiger charge is -2.12. The second-order valence-corrected chi connectivity index (χ2v) is 4.32. The number of hydrogen-bond donors (Lipinski definition) is 4. The molecular formula is C12H13N3O6. The number of fused-ring (bicyclic) bond motifs is 1. The SMILES string of the molecule is Cc1oc2nc[nH]c(=O)c2c1C(=O)N[C@@H](CCO)C(=O)O. The van der Waals surface area contributed by atoms with Crippen molar-refractivity contribution in [3.05, 3.63) is 28.0 Å². The molecule has 2 aromatic heterocycles. The molecule has 0 radical (unpaired) electrons. The number of nitrogens with one attached hydrogen (secondary N) is 2. The smallest absolute Gasteiger partial charge is 0.326 e. The third-order valence-corrected chi connectivity index (χ3v) is 2.92. The molecule has 9 nitrogen and oxygen atoms in total. The van der Waals surface area contributed by atoms with Crippen LogP contribution in [-0.4, -0.2) is 44.7 Å². The molecule has 4 N–H and O–H groups in total. The minimum Gasteiger partial charge on any atom is -0.480 e.